The number of nitrogens with one attached hydrogen (secondary N) is 1. The monoisotopic (exact) mass is 798 g/mol. The topological polar surface area (TPSA) is 19.7 Å². The summed E-state index contributed by atoms with van der Waals surface area (Å²) < 4.78 is 2.67. The van der Waals surface area contributed by atoms with Gasteiger partial charge in [0.1, 0.15) is 12.4 Å². The first-order valence-electron chi connectivity index (χ1n) is 27.3. The van der Waals surface area contributed by atoms with Crippen LogP contribution in [0.25, 0.3) is 0 Å². The van der Waals surface area contributed by atoms with Crippen LogP contribution in [0.1, 0.15) is 341 Å². The summed E-state index contributed by atoms with van der Waals surface area (Å²) in [6.45, 7) is 9.45. The van der Waals surface area contributed by atoms with Gasteiger partial charge in [-0.3, -0.25) is 0 Å². The lowest BCUT2D eigenvalue weighted by Crippen LogP contribution is -2.41. The Labute approximate surface area is 361 Å². The fraction of sp³-hybridized carbons (Fsp3) is 0.945. The van der Waals surface area contributed by atoms with Crippen molar-refractivity contribution in [3.8, 4) is 0 Å². The summed E-state index contributed by atoms with van der Waals surface area (Å²) in [5.74, 6) is 2.26. The van der Waals surface area contributed by atoms with Gasteiger partial charge >= 0.3 is 0 Å². The maximum atomic E-state index is 3.80. The molecule has 0 spiro atoms. The Morgan fingerprint density at radius 3 is 0.825 bits per heavy atom. The van der Waals surface area contributed by atoms with Crippen LogP contribution in [0.5, 0.6) is 0 Å². The summed E-state index contributed by atoms with van der Waals surface area (Å²) in [6, 6.07) is 0.615. The molecule has 57 heavy (non-hydrogen) atoms. The minimum atomic E-state index is 0.615. The lowest BCUT2D eigenvalue weighted by molar-refractivity contribution is -0.727. The molecule has 1 aromatic rings. The number of rotatable bonds is 48. The molecule has 0 aromatic carbocycles. The summed E-state index contributed by atoms with van der Waals surface area (Å²) >= 11 is 0. The Morgan fingerprint density at radius 2 is 0.561 bits per heavy atom. The van der Waals surface area contributed by atoms with Gasteiger partial charge in [-0.25, -0.2) is 9.55 Å². The van der Waals surface area contributed by atoms with E-state index in [9.17, 15) is 0 Å². The van der Waals surface area contributed by atoms with Gasteiger partial charge in [0.15, 0.2) is 0 Å². The van der Waals surface area contributed by atoms with Crippen LogP contribution in [0.2, 0.25) is 0 Å². The summed E-state index contributed by atoms with van der Waals surface area (Å²) in [5, 5.41) is 0. The first kappa shape index (κ1) is 54.2. The number of hydrogen-bond donors (Lipinski definition) is 1. The van der Waals surface area contributed by atoms with Crippen molar-refractivity contribution in [3.63, 3.8) is 0 Å². The average molecular weight is 798 g/mol. The molecule has 0 bridgehead atoms. The van der Waals surface area contributed by atoms with Crippen LogP contribution >= 0.6 is 0 Å². The fourth-order valence-corrected chi connectivity index (χ4v) is 9.61. The van der Waals surface area contributed by atoms with Gasteiger partial charge in [0, 0.05) is 0 Å². The lowest BCUT2D eigenvalue weighted by Gasteiger charge is -2.17. The molecule has 0 aliphatic rings. The van der Waals surface area contributed by atoms with Crippen molar-refractivity contribution >= 4 is 0 Å². The van der Waals surface area contributed by atoms with Crippen LogP contribution < -0.4 is 4.57 Å². The van der Waals surface area contributed by atoms with Gasteiger partial charge in [0.2, 0.25) is 0 Å². The minimum Gasteiger partial charge on any atom is -0.247 e. The van der Waals surface area contributed by atoms with Crippen LogP contribution in [0.15, 0.2) is 12.4 Å². The summed E-state index contributed by atoms with van der Waals surface area (Å²) in [4.78, 5) is 3.80. The predicted molar refractivity (Wildman–Crippen MR) is 258 cm³/mol. The molecule has 2 heteroatoms. The van der Waals surface area contributed by atoms with E-state index < -0.39 is 0 Å². The highest BCUT2D eigenvalue weighted by Crippen LogP contribution is 2.28. The summed E-state index contributed by atoms with van der Waals surface area (Å²) in [7, 11) is 0. The number of unbranched alkanes of at least 4 members (excludes halogenated alkanes) is 40. The maximum absolute atomic E-state index is 3.80. The number of nitrogens with zero attached hydrogens (tertiary/aromatic N) is 1. The number of aromatic amines is 1. The van der Waals surface area contributed by atoms with Gasteiger partial charge in [-0.1, -0.05) is 290 Å². The number of aromatic nitrogens is 2. The van der Waals surface area contributed by atoms with Crippen LogP contribution in [0.4, 0.5) is 0 Å². The molecule has 1 rings (SSSR count). The van der Waals surface area contributed by atoms with Gasteiger partial charge in [-0.05, 0) is 32.6 Å². The lowest BCUT2D eigenvalue weighted by atomic mass is 9.92. The first-order chi connectivity index (χ1) is 28.2. The van der Waals surface area contributed by atoms with Gasteiger partial charge in [-0.15, -0.1) is 0 Å². The fourth-order valence-electron chi connectivity index (χ4n) is 9.61. The van der Waals surface area contributed by atoms with E-state index in [-0.39, 0.29) is 0 Å². The molecule has 2 nitrogen and oxygen atoms in total. The highest BCUT2D eigenvalue weighted by atomic mass is 15.1. The van der Waals surface area contributed by atoms with Crippen molar-refractivity contribution in [1.82, 2.24) is 4.98 Å². The third-order valence-electron chi connectivity index (χ3n) is 13.6. The van der Waals surface area contributed by atoms with Crippen molar-refractivity contribution in [2.45, 2.75) is 335 Å². The summed E-state index contributed by atoms with van der Waals surface area (Å²) in [6.07, 6.45) is 71.0. The molecule has 2 unspecified atom stereocenters. The molecule has 1 heterocycles. The third-order valence-corrected chi connectivity index (χ3v) is 13.6. The van der Waals surface area contributed by atoms with Crippen LogP contribution in [0, 0.1) is 0 Å². The second-order valence-electron chi connectivity index (χ2n) is 19.3. The highest BCUT2D eigenvalue weighted by molar-refractivity contribution is 4.90. The average Bonchev–Trinajstić information content (AvgIpc) is 3.72. The van der Waals surface area contributed by atoms with Gasteiger partial charge in [0.05, 0.1) is 12.0 Å². The highest BCUT2D eigenvalue weighted by Gasteiger charge is 2.25. The van der Waals surface area contributed by atoms with Gasteiger partial charge in [0.25, 0.3) is 5.82 Å². The van der Waals surface area contributed by atoms with Gasteiger partial charge in [-0.2, -0.15) is 0 Å². The Morgan fingerprint density at radius 1 is 0.333 bits per heavy atom. The molecule has 0 amide bonds. The van der Waals surface area contributed by atoms with E-state index in [1.807, 2.05) is 0 Å². The second kappa shape index (κ2) is 44.8. The number of imidazole rings is 1. The normalized spacial score (nSPS) is 12.8. The first-order valence-corrected chi connectivity index (χ1v) is 27.3. The zero-order chi connectivity index (χ0) is 41.0. The Kier molecular flexibility index (Phi) is 42.6. The molecular weight excluding hydrogens is 689 g/mol. The van der Waals surface area contributed by atoms with Crippen molar-refractivity contribution in [2.24, 2.45) is 0 Å². The SMILES string of the molecule is CCCCCCCCCCCCCCCCCCCC(CCCCCCCCCCCCCCCC)c1[nH]cc[n+]1C(C)CCCCCCCCCCCCCC. The van der Waals surface area contributed by atoms with E-state index in [1.165, 1.54) is 295 Å². The van der Waals surface area contributed by atoms with E-state index in [2.05, 4.69) is 49.6 Å². The standard InChI is InChI=1S/C55H108N2/c1-5-8-11-14-17-20-23-26-28-29-30-32-35-38-41-44-47-50-54(49-46-43-40-37-34-31-27-24-21-18-15-12-9-6-2)55-56-51-52-57(55)53(4)48-45-42-39-36-33-25-22-19-16-13-10-7-3/h51-54H,5-50H2,1-4H3/p+1. The van der Waals surface area contributed by atoms with E-state index in [0.717, 1.165) is 0 Å². The van der Waals surface area contributed by atoms with Crippen molar-refractivity contribution in [3.05, 3.63) is 18.2 Å². The summed E-state index contributed by atoms with van der Waals surface area (Å²) in [5.41, 5.74) is 0. The molecule has 338 valence electrons. The van der Waals surface area contributed by atoms with Crippen molar-refractivity contribution in [1.29, 1.82) is 0 Å². The molecule has 0 aliphatic carbocycles. The molecule has 0 radical (unpaired) electrons. The number of H-pyrrole nitrogens is 1. The minimum absolute atomic E-state index is 0.615. The molecule has 0 aliphatic heterocycles. The number of hydrogen-bond acceptors (Lipinski definition) is 0. The van der Waals surface area contributed by atoms with E-state index in [0.29, 0.717) is 12.0 Å². The van der Waals surface area contributed by atoms with E-state index >= 15 is 0 Å². The quantitative estimate of drug-likeness (QED) is 0.0501. The van der Waals surface area contributed by atoms with Crippen LogP contribution in [-0.2, 0) is 0 Å². The molecule has 0 saturated carbocycles. The molecule has 1 N–H and O–H groups in total. The van der Waals surface area contributed by atoms with Crippen LogP contribution in [0.3, 0.4) is 0 Å². The predicted octanol–water partition coefficient (Wildman–Crippen LogP) is 20.0. The molecule has 2 atom stereocenters. The molecule has 1 aromatic heterocycles. The molecule has 0 saturated heterocycles. The van der Waals surface area contributed by atoms with Gasteiger partial charge < -0.3 is 0 Å². The molecular formula is C55H109N2+. The zero-order valence-corrected chi connectivity index (χ0v) is 40.3. The van der Waals surface area contributed by atoms with E-state index in [1.54, 1.807) is 5.82 Å². The Bertz CT molecular complexity index is 874. The second-order valence-corrected chi connectivity index (χ2v) is 19.3. The largest absolute Gasteiger partial charge is 0.257 e. The van der Waals surface area contributed by atoms with E-state index in [4.69, 9.17) is 0 Å². The van der Waals surface area contributed by atoms with Crippen molar-refractivity contribution < 1.29 is 4.57 Å². The molecule has 0 fully saturated rings. The third kappa shape index (κ3) is 35.7. The Balaban J connectivity index is 2.34. The Hall–Kier alpha value is -0.790. The zero-order valence-electron chi connectivity index (χ0n) is 40.3. The van der Waals surface area contributed by atoms with Crippen LogP contribution in [-0.4, -0.2) is 4.98 Å². The van der Waals surface area contributed by atoms with Crippen molar-refractivity contribution in [2.75, 3.05) is 0 Å². The maximum Gasteiger partial charge on any atom is 0.257 e. The smallest absolute Gasteiger partial charge is 0.247 e.